The summed E-state index contributed by atoms with van der Waals surface area (Å²) in [5.41, 5.74) is 0.606. The van der Waals surface area contributed by atoms with E-state index in [4.69, 9.17) is 23.2 Å². The summed E-state index contributed by atoms with van der Waals surface area (Å²) in [5, 5.41) is 23.8. The number of nitro benzene ring substituents is 1. The monoisotopic (exact) mass is 492 g/mol. The van der Waals surface area contributed by atoms with Gasteiger partial charge in [0.2, 0.25) is 11.9 Å². The summed E-state index contributed by atoms with van der Waals surface area (Å²) in [5.74, 6) is 0.267. The van der Waals surface area contributed by atoms with Gasteiger partial charge in [-0.2, -0.15) is 0 Å². The molecule has 0 unspecified atom stereocenters. The summed E-state index contributed by atoms with van der Waals surface area (Å²) in [6.07, 6.45) is 2.15. The zero-order valence-corrected chi connectivity index (χ0v) is 19.0. The molecule has 1 aliphatic heterocycles. The van der Waals surface area contributed by atoms with Gasteiger partial charge < -0.3 is 10.2 Å². The van der Waals surface area contributed by atoms with Gasteiger partial charge in [-0.3, -0.25) is 19.5 Å². The minimum absolute atomic E-state index is 0.0154. The molecule has 3 aromatic rings. The number of nitro groups is 1. The van der Waals surface area contributed by atoms with E-state index >= 15 is 0 Å². The molecule has 166 valence electrons. The second kappa shape index (κ2) is 9.76. The number of halogens is 2. The van der Waals surface area contributed by atoms with Crippen LogP contribution >= 0.6 is 35.0 Å². The van der Waals surface area contributed by atoms with Crippen LogP contribution < -0.4 is 10.2 Å². The Morgan fingerprint density at radius 2 is 1.88 bits per heavy atom. The van der Waals surface area contributed by atoms with Crippen molar-refractivity contribution in [3.63, 3.8) is 0 Å². The van der Waals surface area contributed by atoms with Gasteiger partial charge in [0, 0.05) is 29.2 Å². The Balaban J connectivity index is 1.55. The molecule has 9 nitrogen and oxygen atoms in total. The summed E-state index contributed by atoms with van der Waals surface area (Å²) in [4.78, 5) is 25.3. The van der Waals surface area contributed by atoms with Crippen LogP contribution in [-0.2, 0) is 4.79 Å². The normalized spacial score (nSPS) is 13.4. The van der Waals surface area contributed by atoms with E-state index < -0.39 is 10.8 Å². The highest BCUT2D eigenvalue weighted by atomic mass is 35.5. The largest absolute Gasteiger partial charge is 0.341 e. The fraction of sp³-hybridized carbons (Fsp3) is 0.250. The van der Waals surface area contributed by atoms with Gasteiger partial charge in [0.25, 0.3) is 5.69 Å². The topological polar surface area (TPSA) is 106 Å². The maximum Gasteiger partial charge on any atom is 0.294 e. The fourth-order valence-electron chi connectivity index (χ4n) is 3.40. The van der Waals surface area contributed by atoms with Crippen LogP contribution in [0.15, 0.2) is 47.6 Å². The number of anilines is 2. The van der Waals surface area contributed by atoms with Crippen LogP contribution in [0, 0.1) is 10.1 Å². The number of rotatable bonds is 7. The average molecular weight is 493 g/mol. The van der Waals surface area contributed by atoms with Crippen molar-refractivity contribution in [3.05, 3.63) is 62.6 Å². The van der Waals surface area contributed by atoms with Gasteiger partial charge >= 0.3 is 0 Å². The Bertz CT molecular complexity index is 1170. The molecule has 32 heavy (non-hydrogen) atoms. The Morgan fingerprint density at radius 3 is 2.59 bits per heavy atom. The first-order chi connectivity index (χ1) is 15.4. The van der Waals surface area contributed by atoms with E-state index in [1.807, 2.05) is 22.8 Å². The number of carbonyl (C=O) groups excluding carboxylic acids is 1. The molecule has 0 bridgehead atoms. The van der Waals surface area contributed by atoms with Crippen LogP contribution in [0.1, 0.15) is 12.8 Å². The summed E-state index contributed by atoms with van der Waals surface area (Å²) in [6, 6.07) is 11.4. The molecule has 1 aromatic heterocycles. The molecule has 0 spiro atoms. The molecule has 2 aromatic carbocycles. The minimum atomic E-state index is -0.591. The Morgan fingerprint density at radius 1 is 1.12 bits per heavy atom. The lowest BCUT2D eigenvalue weighted by atomic mass is 10.2. The van der Waals surface area contributed by atoms with Crippen LogP contribution in [-0.4, -0.2) is 44.4 Å². The highest BCUT2D eigenvalue weighted by molar-refractivity contribution is 7.99. The van der Waals surface area contributed by atoms with E-state index in [-0.39, 0.29) is 22.2 Å². The van der Waals surface area contributed by atoms with Crippen molar-refractivity contribution in [2.75, 3.05) is 29.1 Å². The number of hydrogen-bond donors (Lipinski definition) is 1. The molecule has 0 atom stereocenters. The fourth-order valence-corrected chi connectivity index (χ4v) is 4.49. The van der Waals surface area contributed by atoms with Crippen molar-refractivity contribution in [1.82, 2.24) is 14.8 Å². The molecule has 1 N–H and O–H groups in total. The summed E-state index contributed by atoms with van der Waals surface area (Å²) < 4.78 is 1.87. The van der Waals surface area contributed by atoms with Crippen LogP contribution in [0.5, 0.6) is 0 Å². The van der Waals surface area contributed by atoms with Gasteiger partial charge in [0.05, 0.1) is 16.4 Å². The molecular formula is C20H18Cl2N6O3S. The van der Waals surface area contributed by atoms with E-state index in [1.54, 1.807) is 6.07 Å². The predicted octanol–water partition coefficient (Wildman–Crippen LogP) is 4.81. The third-order valence-corrected chi connectivity index (χ3v) is 6.23. The van der Waals surface area contributed by atoms with Gasteiger partial charge in [0.1, 0.15) is 5.69 Å². The molecule has 0 saturated carbocycles. The van der Waals surface area contributed by atoms with E-state index in [0.717, 1.165) is 31.6 Å². The minimum Gasteiger partial charge on any atom is -0.341 e. The van der Waals surface area contributed by atoms with Crippen LogP contribution in [0.3, 0.4) is 0 Å². The maximum atomic E-state index is 12.5. The molecule has 1 saturated heterocycles. The Labute approximate surface area is 197 Å². The van der Waals surface area contributed by atoms with Gasteiger partial charge in [-0.1, -0.05) is 41.0 Å². The van der Waals surface area contributed by atoms with Gasteiger partial charge in [-0.25, -0.2) is 0 Å². The zero-order chi connectivity index (χ0) is 22.7. The van der Waals surface area contributed by atoms with Crippen LogP contribution in [0.2, 0.25) is 10.0 Å². The van der Waals surface area contributed by atoms with E-state index in [2.05, 4.69) is 20.4 Å². The lowest BCUT2D eigenvalue weighted by Gasteiger charge is -2.18. The van der Waals surface area contributed by atoms with Gasteiger partial charge in [-0.05, 0) is 43.2 Å². The van der Waals surface area contributed by atoms with Crippen molar-refractivity contribution in [2.45, 2.75) is 18.0 Å². The highest BCUT2D eigenvalue weighted by Crippen LogP contribution is 2.31. The number of hydrogen-bond acceptors (Lipinski definition) is 7. The lowest BCUT2D eigenvalue weighted by Crippen LogP contribution is -2.22. The highest BCUT2D eigenvalue weighted by Gasteiger charge is 2.23. The predicted molar refractivity (Wildman–Crippen MR) is 125 cm³/mol. The third-order valence-electron chi connectivity index (χ3n) is 4.83. The van der Waals surface area contributed by atoms with Crippen molar-refractivity contribution in [1.29, 1.82) is 0 Å². The van der Waals surface area contributed by atoms with E-state index in [0.29, 0.717) is 16.1 Å². The molecule has 12 heteroatoms. The van der Waals surface area contributed by atoms with Crippen molar-refractivity contribution in [3.8, 4) is 5.69 Å². The number of nitrogens with zero attached hydrogens (tertiary/aromatic N) is 5. The number of amides is 1. The number of thioether (sulfide) groups is 1. The summed E-state index contributed by atoms with van der Waals surface area (Å²) in [6.45, 7) is 1.76. The number of aromatic nitrogens is 3. The second-order valence-electron chi connectivity index (χ2n) is 7.05. The lowest BCUT2D eigenvalue weighted by molar-refractivity contribution is -0.383. The first kappa shape index (κ1) is 22.4. The Kier molecular flexibility index (Phi) is 6.83. The molecular weight excluding hydrogens is 475 g/mol. The molecule has 2 heterocycles. The Hall–Kier alpha value is -2.82. The first-order valence-corrected chi connectivity index (χ1v) is 11.5. The SMILES string of the molecule is O=C(CSc1nnc(N2CCCC2)n1-c1cccc(Cl)c1)Nc1ccc(Cl)cc1[N+](=O)[O-]. The van der Waals surface area contributed by atoms with Crippen LogP contribution in [0.25, 0.3) is 5.69 Å². The van der Waals surface area contributed by atoms with E-state index in [1.165, 1.54) is 30.0 Å². The zero-order valence-electron chi connectivity index (χ0n) is 16.7. The number of benzene rings is 2. The average Bonchev–Trinajstić information content (AvgIpc) is 3.43. The number of nitrogens with one attached hydrogen (secondary N) is 1. The quantitative estimate of drug-likeness (QED) is 0.286. The molecule has 1 fully saturated rings. The first-order valence-electron chi connectivity index (χ1n) is 9.75. The van der Waals surface area contributed by atoms with Crippen molar-refractivity contribution >= 4 is 58.2 Å². The van der Waals surface area contributed by atoms with Crippen LogP contribution in [0.4, 0.5) is 17.3 Å². The molecule has 1 aliphatic rings. The second-order valence-corrected chi connectivity index (χ2v) is 8.86. The van der Waals surface area contributed by atoms with Gasteiger partial charge in [-0.15, -0.1) is 10.2 Å². The molecule has 0 aliphatic carbocycles. The summed E-state index contributed by atoms with van der Waals surface area (Å²) in [7, 11) is 0. The standard InChI is InChI=1S/C20H18Cl2N6O3S/c21-13-4-3-5-15(10-13)27-19(26-8-1-2-9-26)24-25-20(27)32-12-18(29)23-16-7-6-14(22)11-17(16)28(30)31/h3-7,10-11H,1-2,8-9,12H2,(H,23,29). The summed E-state index contributed by atoms with van der Waals surface area (Å²) >= 11 is 13.2. The molecule has 4 rings (SSSR count). The molecule has 0 radical (unpaired) electrons. The van der Waals surface area contributed by atoms with Gasteiger partial charge in [0.15, 0.2) is 5.16 Å². The maximum absolute atomic E-state index is 12.5. The van der Waals surface area contributed by atoms with Crippen molar-refractivity contribution in [2.24, 2.45) is 0 Å². The number of carbonyl (C=O) groups is 1. The molecule has 1 amide bonds. The van der Waals surface area contributed by atoms with Crippen molar-refractivity contribution < 1.29 is 9.72 Å². The van der Waals surface area contributed by atoms with E-state index in [9.17, 15) is 14.9 Å². The third kappa shape index (κ3) is 4.98. The smallest absolute Gasteiger partial charge is 0.294 e.